The second kappa shape index (κ2) is 12.9. The number of hydrogen-bond donors (Lipinski definition) is 1. The molecule has 0 aromatic rings. The van der Waals surface area contributed by atoms with E-state index < -0.39 is 0 Å². The molecule has 0 aromatic carbocycles. The van der Waals surface area contributed by atoms with Gasteiger partial charge >= 0.3 is 0 Å². The molecule has 0 unspecified atom stereocenters. The third kappa shape index (κ3) is 10.6. The van der Waals surface area contributed by atoms with E-state index in [9.17, 15) is 4.79 Å². The number of likely N-dealkylation sites (N-methyl/N-ethyl adjacent to an activating group) is 1. The van der Waals surface area contributed by atoms with Crippen molar-refractivity contribution in [2.75, 3.05) is 20.2 Å². The maximum Gasteiger partial charge on any atom is 0.248 e. The lowest BCUT2D eigenvalue weighted by Gasteiger charge is -2.15. The van der Waals surface area contributed by atoms with Crippen molar-refractivity contribution < 1.29 is 9.90 Å². The maximum atomic E-state index is 11.1. The Morgan fingerprint density at radius 2 is 1.33 bits per heavy atom. The van der Waals surface area contributed by atoms with Crippen molar-refractivity contribution in [2.45, 2.75) is 71.1 Å². The lowest BCUT2D eigenvalue weighted by atomic mass is 10.1. The Labute approximate surface area is 113 Å². The molecule has 0 saturated heterocycles. The van der Waals surface area contributed by atoms with Crippen LogP contribution < -0.4 is 0 Å². The van der Waals surface area contributed by atoms with Gasteiger partial charge in [-0.2, -0.15) is 0 Å². The number of nitrogens with zero attached hydrogens (tertiary/aromatic N) is 1. The van der Waals surface area contributed by atoms with Crippen LogP contribution in [-0.4, -0.2) is 36.1 Å². The van der Waals surface area contributed by atoms with Gasteiger partial charge in [0, 0.05) is 13.6 Å². The number of hydrogen-bond acceptors (Lipinski definition) is 2. The molecule has 0 spiro atoms. The Bertz CT molecular complexity index is 195. The zero-order chi connectivity index (χ0) is 13.6. The van der Waals surface area contributed by atoms with E-state index in [2.05, 4.69) is 6.92 Å². The highest BCUT2D eigenvalue weighted by Crippen LogP contribution is 2.10. The lowest BCUT2D eigenvalue weighted by molar-refractivity contribution is -0.132. The molecule has 0 heterocycles. The van der Waals surface area contributed by atoms with Crippen LogP contribution in [0.1, 0.15) is 71.1 Å². The molecule has 0 aliphatic heterocycles. The topological polar surface area (TPSA) is 40.5 Å². The molecular weight excluding hydrogens is 226 g/mol. The zero-order valence-electron chi connectivity index (χ0n) is 12.3. The summed E-state index contributed by atoms with van der Waals surface area (Å²) in [5.41, 5.74) is 0. The average molecular weight is 257 g/mol. The minimum Gasteiger partial charge on any atom is -0.387 e. The van der Waals surface area contributed by atoms with Crippen LogP contribution in [-0.2, 0) is 4.79 Å². The second-order valence-corrected chi connectivity index (χ2v) is 5.16. The van der Waals surface area contributed by atoms with Crippen LogP contribution >= 0.6 is 0 Å². The van der Waals surface area contributed by atoms with Crippen LogP contribution in [0.3, 0.4) is 0 Å². The van der Waals surface area contributed by atoms with E-state index in [4.69, 9.17) is 5.11 Å². The monoisotopic (exact) mass is 257 g/mol. The Hall–Kier alpha value is -0.570. The largest absolute Gasteiger partial charge is 0.387 e. The van der Waals surface area contributed by atoms with Crippen molar-refractivity contribution in [3.63, 3.8) is 0 Å². The number of aliphatic hydroxyl groups is 1. The van der Waals surface area contributed by atoms with E-state index >= 15 is 0 Å². The average Bonchev–Trinajstić information content (AvgIpc) is 2.39. The number of rotatable bonds is 12. The molecule has 0 aliphatic carbocycles. The van der Waals surface area contributed by atoms with E-state index in [1.165, 1.54) is 57.8 Å². The summed E-state index contributed by atoms with van der Waals surface area (Å²) >= 11 is 0. The van der Waals surface area contributed by atoms with E-state index in [1.54, 1.807) is 11.9 Å². The fourth-order valence-electron chi connectivity index (χ4n) is 2.08. The van der Waals surface area contributed by atoms with Gasteiger partial charge in [-0.3, -0.25) is 4.79 Å². The first-order valence-electron chi connectivity index (χ1n) is 7.57. The van der Waals surface area contributed by atoms with Gasteiger partial charge in [0.1, 0.15) is 6.61 Å². The fraction of sp³-hybridized carbons (Fsp3) is 0.933. The molecule has 0 aromatic heterocycles. The predicted octanol–water partition coefficient (Wildman–Crippen LogP) is 3.36. The quantitative estimate of drug-likeness (QED) is 0.545. The summed E-state index contributed by atoms with van der Waals surface area (Å²) in [6.07, 6.45) is 13.1. The Morgan fingerprint density at radius 3 is 1.78 bits per heavy atom. The molecule has 1 N–H and O–H groups in total. The molecule has 108 valence electrons. The van der Waals surface area contributed by atoms with Gasteiger partial charge in [-0.25, -0.2) is 0 Å². The molecule has 18 heavy (non-hydrogen) atoms. The van der Waals surface area contributed by atoms with Gasteiger partial charge in [-0.05, 0) is 6.42 Å². The van der Waals surface area contributed by atoms with Gasteiger partial charge in [0.15, 0.2) is 0 Å². The van der Waals surface area contributed by atoms with Crippen molar-refractivity contribution in [2.24, 2.45) is 0 Å². The third-order valence-corrected chi connectivity index (χ3v) is 3.41. The van der Waals surface area contributed by atoms with Crippen LogP contribution in [0.4, 0.5) is 0 Å². The van der Waals surface area contributed by atoms with E-state index in [0.29, 0.717) is 0 Å². The summed E-state index contributed by atoms with van der Waals surface area (Å²) in [4.78, 5) is 12.7. The Kier molecular flexibility index (Phi) is 12.5. The molecule has 0 rings (SSSR count). The summed E-state index contributed by atoms with van der Waals surface area (Å²) in [5, 5.41) is 8.68. The van der Waals surface area contributed by atoms with Crippen LogP contribution in [0.2, 0.25) is 0 Å². The molecular formula is C15H31NO2. The van der Waals surface area contributed by atoms with Gasteiger partial charge in [0.25, 0.3) is 0 Å². The summed E-state index contributed by atoms with van der Waals surface area (Å²) in [5.74, 6) is -0.175. The first-order chi connectivity index (χ1) is 8.72. The van der Waals surface area contributed by atoms with Gasteiger partial charge in [0.05, 0.1) is 0 Å². The smallest absolute Gasteiger partial charge is 0.248 e. The highest BCUT2D eigenvalue weighted by atomic mass is 16.3. The normalized spacial score (nSPS) is 10.6. The van der Waals surface area contributed by atoms with Crippen molar-refractivity contribution in [1.29, 1.82) is 0 Å². The standard InChI is InChI=1S/C15H31NO2/c1-3-4-5-6-7-8-9-10-11-12-13-16(2)15(18)14-17/h17H,3-14H2,1-2H3. The van der Waals surface area contributed by atoms with Gasteiger partial charge < -0.3 is 10.0 Å². The summed E-state index contributed by atoms with van der Waals surface area (Å²) < 4.78 is 0. The summed E-state index contributed by atoms with van der Waals surface area (Å²) in [6.45, 7) is 2.66. The Morgan fingerprint density at radius 1 is 0.889 bits per heavy atom. The van der Waals surface area contributed by atoms with Crippen LogP contribution in [0.15, 0.2) is 0 Å². The van der Waals surface area contributed by atoms with E-state index in [-0.39, 0.29) is 12.5 Å². The Balaban J connectivity index is 3.14. The lowest BCUT2D eigenvalue weighted by Crippen LogP contribution is -2.30. The molecule has 0 radical (unpaired) electrons. The number of carbonyl (C=O) groups excluding carboxylic acids is 1. The molecule has 0 aliphatic rings. The summed E-state index contributed by atoms with van der Waals surface area (Å²) in [7, 11) is 1.76. The number of unbranched alkanes of at least 4 members (excludes halogenated alkanes) is 9. The van der Waals surface area contributed by atoms with Gasteiger partial charge in [-0.15, -0.1) is 0 Å². The molecule has 0 saturated carbocycles. The minimum atomic E-state index is -0.367. The SMILES string of the molecule is CCCCCCCCCCCCN(C)C(=O)CO. The summed E-state index contributed by atoms with van der Waals surface area (Å²) in [6, 6.07) is 0. The molecule has 3 nitrogen and oxygen atoms in total. The molecule has 3 heteroatoms. The number of amides is 1. The predicted molar refractivity (Wildman–Crippen MR) is 76.6 cm³/mol. The first-order valence-corrected chi connectivity index (χ1v) is 7.57. The molecule has 0 bridgehead atoms. The van der Waals surface area contributed by atoms with Crippen molar-refractivity contribution >= 4 is 5.91 Å². The number of carbonyl (C=O) groups is 1. The molecule has 1 amide bonds. The van der Waals surface area contributed by atoms with E-state index in [1.807, 2.05) is 0 Å². The van der Waals surface area contributed by atoms with Crippen LogP contribution in [0.5, 0.6) is 0 Å². The van der Waals surface area contributed by atoms with E-state index in [0.717, 1.165) is 13.0 Å². The first kappa shape index (κ1) is 17.4. The van der Waals surface area contributed by atoms with Gasteiger partial charge in [0.2, 0.25) is 5.91 Å². The highest BCUT2D eigenvalue weighted by molar-refractivity contribution is 5.76. The molecule has 0 fully saturated rings. The van der Waals surface area contributed by atoms with Crippen LogP contribution in [0.25, 0.3) is 0 Å². The minimum absolute atomic E-state index is 0.175. The number of aliphatic hydroxyl groups excluding tert-OH is 1. The van der Waals surface area contributed by atoms with Crippen molar-refractivity contribution in [1.82, 2.24) is 4.90 Å². The maximum absolute atomic E-state index is 11.1. The highest BCUT2D eigenvalue weighted by Gasteiger charge is 2.05. The third-order valence-electron chi connectivity index (χ3n) is 3.41. The second-order valence-electron chi connectivity index (χ2n) is 5.16. The van der Waals surface area contributed by atoms with Crippen molar-refractivity contribution in [3.8, 4) is 0 Å². The molecule has 0 atom stereocenters. The van der Waals surface area contributed by atoms with Crippen molar-refractivity contribution in [3.05, 3.63) is 0 Å². The van der Waals surface area contributed by atoms with Gasteiger partial charge in [-0.1, -0.05) is 64.7 Å². The fourth-order valence-corrected chi connectivity index (χ4v) is 2.08. The zero-order valence-corrected chi connectivity index (χ0v) is 12.3. The van der Waals surface area contributed by atoms with Crippen LogP contribution in [0, 0.1) is 0 Å².